The van der Waals surface area contributed by atoms with E-state index in [4.69, 9.17) is 0 Å². The molecule has 3 rings (SSSR count). The summed E-state index contributed by atoms with van der Waals surface area (Å²) in [4.78, 5) is 12.4. The number of nitrogens with one attached hydrogen (secondary N) is 1. The predicted molar refractivity (Wildman–Crippen MR) is 89.2 cm³/mol. The highest BCUT2D eigenvalue weighted by Gasteiger charge is 2.12. The summed E-state index contributed by atoms with van der Waals surface area (Å²) in [5, 5.41) is 14.0. The molecule has 1 aromatic heterocycles. The Labute approximate surface area is 141 Å². The van der Waals surface area contributed by atoms with Crippen molar-refractivity contribution in [3.63, 3.8) is 0 Å². The Morgan fingerprint density at radius 2 is 2.00 bits per heavy atom. The van der Waals surface area contributed by atoms with Gasteiger partial charge in [0.05, 0.1) is 11.7 Å². The lowest BCUT2D eigenvalue weighted by Crippen LogP contribution is -2.26. The maximum Gasteiger partial charge on any atom is 0.251 e. The molecule has 0 spiro atoms. The number of hydrogen-bond donors (Lipinski definition) is 1. The van der Waals surface area contributed by atoms with Crippen molar-refractivity contribution in [2.45, 2.75) is 13.0 Å². The number of rotatable bonds is 4. The van der Waals surface area contributed by atoms with Crippen LogP contribution in [0.2, 0.25) is 0 Å². The zero-order chi connectivity index (χ0) is 16.2. The van der Waals surface area contributed by atoms with Gasteiger partial charge in [-0.1, -0.05) is 34.1 Å². The van der Waals surface area contributed by atoms with Gasteiger partial charge in [0.1, 0.15) is 6.33 Å². The fourth-order valence-electron chi connectivity index (χ4n) is 2.18. The fraction of sp³-hybridized carbons (Fsp3) is 0.125. The van der Waals surface area contributed by atoms with E-state index in [2.05, 4.69) is 36.8 Å². The largest absolute Gasteiger partial charge is 0.346 e. The van der Waals surface area contributed by atoms with Gasteiger partial charge in [0.15, 0.2) is 0 Å². The Balaban J connectivity index is 1.75. The molecule has 0 bridgehead atoms. The molecule has 0 saturated heterocycles. The van der Waals surface area contributed by atoms with Crippen LogP contribution < -0.4 is 5.32 Å². The minimum absolute atomic E-state index is 0.0905. The first-order valence-corrected chi connectivity index (χ1v) is 7.82. The molecule has 1 unspecified atom stereocenters. The van der Waals surface area contributed by atoms with E-state index < -0.39 is 0 Å². The molecule has 2 aromatic carbocycles. The summed E-state index contributed by atoms with van der Waals surface area (Å²) < 4.78 is 2.52. The van der Waals surface area contributed by atoms with Crippen LogP contribution in [0.1, 0.15) is 28.9 Å². The van der Waals surface area contributed by atoms with Crippen LogP contribution in [-0.2, 0) is 0 Å². The van der Waals surface area contributed by atoms with E-state index in [0.29, 0.717) is 5.56 Å². The molecule has 0 aliphatic rings. The van der Waals surface area contributed by atoms with Gasteiger partial charge in [0, 0.05) is 10.0 Å². The van der Waals surface area contributed by atoms with Crippen molar-refractivity contribution in [3.8, 4) is 5.69 Å². The average Bonchev–Trinajstić information content (AvgIpc) is 3.10. The monoisotopic (exact) mass is 371 g/mol. The van der Waals surface area contributed by atoms with Crippen LogP contribution in [0.3, 0.4) is 0 Å². The SMILES string of the molecule is CC(NC(=O)c1cccc(-n2cnnn2)c1)c1ccc(Br)cc1. The van der Waals surface area contributed by atoms with Crippen molar-refractivity contribution in [1.82, 2.24) is 25.5 Å². The third-order valence-electron chi connectivity index (χ3n) is 3.44. The number of aromatic nitrogens is 4. The van der Waals surface area contributed by atoms with Crippen LogP contribution in [0.25, 0.3) is 5.69 Å². The molecule has 3 aromatic rings. The summed E-state index contributed by atoms with van der Waals surface area (Å²) in [7, 11) is 0. The van der Waals surface area contributed by atoms with Gasteiger partial charge >= 0.3 is 0 Å². The number of nitrogens with zero attached hydrogens (tertiary/aromatic N) is 4. The summed E-state index contributed by atoms with van der Waals surface area (Å²) in [5.41, 5.74) is 2.33. The Morgan fingerprint density at radius 1 is 1.22 bits per heavy atom. The number of tetrazole rings is 1. The van der Waals surface area contributed by atoms with Gasteiger partial charge in [-0.15, -0.1) is 5.10 Å². The van der Waals surface area contributed by atoms with Crippen molar-refractivity contribution < 1.29 is 4.79 Å². The number of halogens is 1. The summed E-state index contributed by atoms with van der Waals surface area (Å²) in [6, 6.07) is 14.9. The summed E-state index contributed by atoms with van der Waals surface area (Å²) >= 11 is 3.40. The predicted octanol–water partition coefficient (Wildman–Crippen LogP) is 2.92. The first kappa shape index (κ1) is 15.4. The standard InChI is InChI=1S/C16H14BrN5O/c1-11(12-5-7-14(17)8-6-12)19-16(23)13-3-2-4-15(9-13)22-10-18-20-21-22/h2-11H,1H3,(H,19,23). The molecule has 116 valence electrons. The molecule has 7 heteroatoms. The van der Waals surface area contributed by atoms with Gasteiger partial charge in [-0.2, -0.15) is 0 Å². The topological polar surface area (TPSA) is 72.7 Å². The second-order valence-electron chi connectivity index (χ2n) is 5.05. The van der Waals surface area contributed by atoms with Gasteiger partial charge in [-0.3, -0.25) is 4.79 Å². The maximum absolute atomic E-state index is 12.4. The first-order chi connectivity index (χ1) is 11.1. The van der Waals surface area contributed by atoms with E-state index in [1.54, 1.807) is 18.2 Å². The number of amides is 1. The minimum atomic E-state index is -0.143. The lowest BCUT2D eigenvalue weighted by atomic mass is 10.1. The molecule has 1 atom stereocenters. The molecule has 23 heavy (non-hydrogen) atoms. The number of carbonyl (C=O) groups excluding carboxylic acids is 1. The van der Waals surface area contributed by atoms with Crippen LogP contribution >= 0.6 is 15.9 Å². The summed E-state index contributed by atoms with van der Waals surface area (Å²) in [6.45, 7) is 1.95. The lowest BCUT2D eigenvalue weighted by Gasteiger charge is -2.15. The van der Waals surface area contributed by atoms with E-state index in [9.17, 15) is 4.79 Å². The van der Waals surface area contributed by atoms with Crippen molar-refractivity contribution in [1.29, 1.82) is 0 Å². The minimum Gasteiger partial charge on any atom is -0.346 e. The third-order valence-corrected chi connectivity index (χ3v) is 3.97. The molecule has 0 aliphatic heterocycles. The Kier molecular flexibility index (Phi) is 4.47. The molecular weight excluding hydrogens is 358 g/mol. The Bertz CT molecular complexity index is 802. The number of carbonyl (C=O) groups is 1. The van der Waals surface area contributed by atoms with Gasteiger partial charge in [0.2, 0.25) is 0 Å². The highest BCUT2D eigenvalue weighted by molar-refractivity contribution is 9.10. The second-order valence-corrected chi connectivity index (χ2v) is 5.97. The van der Waals surface area contributed by atoms with Gasteiger partial charge in [-0.05, 0) is 53.2 Å². The molecule has 0 saturated carbocycles. The van der Waals surface area contributed by atoms with Crippen molar-refractivity contribution in [2.75, 3.05) is 0 Å². The Morgan fingerprint density at radius 3 is 2.70 bits per heavy atom. The molecule has 1 heterocycles. The second kappa shape index (κ2) is 6.70. The number of hydrogen-bond acceptors (Lipinski definition) is 4. The zero-order valence-corrected chi connectivity index (χ0v) is 13.9. The van der Waals surface area contributed by atoms with E-state index in [1.165, 1.54) is 11.0 Å². The van der Waals surface area contributed by atoms with E-state index in [1.807, 2.05) is 37.3 Å². The van der Waals surface area contributed by atoms with Crippen LogP contribution in [0.4, 0.5) is 0 Å². The van der Waals surface area contributed by atoms with Crippen molar-refractivity contribution in [2.24, 2.45) is 0 Å². The van der Waals surface area contributed by atoms with Crippen LogP contribution in [0.15, 0.2) is 59.3 Å². The molecule has 6 nitrogen and oxygen atoms in total. The Hall–Kier alpha value is -2.54. The number of benzene rings is 2. The highest BCUT2D eigenvalue weighted by atomic mass is 79.9. The van der Waals surface area contributed by atoms with Crippen LogP contribution in [0, 0.1) is 0 Å². The summed E-state index contributed by atoms with van der Waals surface area (Å²) in [5.74, 6) is -0.143. The molecular formula is C16H14BrN5O. The molecule has 0 fully saturated rings. The molecule has 1 amide bonds. The molecule has 0 aliphatic carbocycles. The van der Waals surface area contributed by atoms with Crippen molar-refractivity contribution in [3.05, 3.63) is 70.5 Å². The fourth-order valence-corrected chi connectivity index (χ4v) is 2.45. The van der Waals surface area contributed by atoms with Gasteiger partial charge < -0.3 is 5.32 Å². The molecule has 1 N–H and O–H groups in total. The highest BCUT2D eigenvalue weighted by Crippen LogP contribution is 2.17. The summed E-state index contributed by atoms with van der Waals surface area (Å²) in [6.07, 6.45) is 1.49. The van der Waals surface area contributed by atoms with Crippen molar-refractivity contribution >= 4 is 21.8 Å². The zero-order valence-electron chi connectivity index (χ0n) is 12.3. The van der Waals surface area contributed by atoms with Gasteiger partial charge in [-0.25, -0.2) is 4.68 Å². The van der Waals surface area contributed by atoms with Crippen LogP contribution in [0.5, 0.6) is 0 Å². The van der Waals surface area contributed by atoms with E-state index >= 15 is 0 Å². The van der Waals surface area contributed by atoms with Gasteiger partial charge in [0.25, 0.3) is 5.91 Å². The normalized spacial score (nSPS) is 11.9. The van der Waals surface area contributed by atoms with E-state index in [0.717, 1.165) is 15.7 Å². The maximum atomic E-state index is 12.4. The smallest absolute Gasteiger partial charge is 0.251 e. The lowest BCUT2D eigenvalue weighted by molar-refractivity contribution is 0.0940. The first-order valence-electron chi connectivity index (χ1n) is 7.03. The van der Waals surface area contributed by atoms with E-state index in [-0.39, 0.29) is 11.9 Å². The van der Waals surface area contributed by atoms with Crippen LogP contribution in [-0.4, -0.2) is 26.1 Å². The quantitative estimate of drug-likeness (QED) is 0.765. The average molecular weight is 372 g/mol. The molecule has 0 radical (unpaired) electrons. The third kappa shape index (κ3) is 3.62.